The molecule has 7 heteroatoms. The van der Waals surface area contributed by atoms with Gasteiger partial charge in [0, 0.05) is 11.6 Å². The van der Waals surface area contributed by atoms with E-state index in [2.05, 4.69) is 0 Å². The molecule has 0 unspecified atom stereocenters. The maximum absolute atomic E-state index is 13.8. The molecule has 0 radical (unpaired) electrons. The third kappa shape index (κ3) is 2.03. The quantitative estimate of drug-likeness (QED) is 0.518. The minimum atomic E-state index is -1.25. The number of rotatable bonds is 2. The van der Waals surface area contributed by atoms with Gasteiger partial charge in [-0.15, -0.1) is 0 Å². The van der Waals surface area contributed by atoms with Crippen LogP contribution >= 0.6 is 0 Å². The van der Waals surface area contributed by atoms with Crippen LogP contribution in [0.5, 0.6) is 0 Å². The summed E-state index contributed by atoms with van der Waals surface area (Å²) in [4.78, 5) is 10.2. The molecule has 20 heavy (non-hydrogen) atoms. The monoisotopic (exact) mass is 275 g/mol. The van der Waals surface area contributed by atoms with Gasteiger partial charge in [0.15, 0.2) is 11.6 Å². The fourth-order valence-corrected chi connectivity index (χ4v) is 1.84. The van der Waals surface area contributed by atoms with Crippen LogP contribution < -0.4 is 5.73 Å². The summed E-state index contributed by atoms with van der Waals surface area (Å²) < 4.78 is 27.1. The molecule has 2 rings (SSSR count). The maximum atomic E-state index is 13.8. The van der Waals surface area contributed by atoms with Crippen molar-refractivity contribution in [3.8, 4) is 17.2 Å². The molecule has 0 atom stereocenters. The highest BCUT2D eigenvalue weighted by molar-refractivity contribution is 5.87. The molecule has 0 aromatic heterocycles. The number of benzene rings is 2. The average molecular weight is 275 g/mol. The van der Waals surface area contributed by atoms with Gasteiger partial charge in [-0.25, -0.2) is 8.78 Å². The van der Waals surface area contributed by atoms with E-state index in [4.69, 9.17) is 11.0 Å². The van der Waals surface area contributed by atoms with E-state index < -0.39 is 22.2 Å². The number of nitro benzene ring substituents is 1. The zero-order chi connectivity index (χ0) is 14.9. The molecule has 0 fully saturated rings. The topological polar surface area (TPSA) is 92.9 Å². The Kier molecular flexibility index (Phi) is 3.31. The second-order valence-electron chi connectivity index (χ2n) is 3.89. The van der Waals surface area contributed by atoms with Crippen LogP contribution in [0.4, 0.5) is 20.2 Å². The van der Waals surface area contributed by atoms with Crippen molar-refractivity contribution in [2.45, 2.75) is 0 Å². The molecule has 2 N–H and O–H groups in total. The summed E-state index contributed by atoms with van der Waals surface area (Å²) in [6, 6.07) is 7.19. The molecule has 100 valence electrons. The van der Waals surface area contributed by atoms with Gasteiger partial charge in [0.25, 0.3) is 5.69 Å². The van der Waals surface area contributed by atoms with Crippen LogP contribution in [0.2, 0.25) is 0 Å². The first-order valence-corrected chi connectivity index (χ1v) is 5.38. The molecule has 2 aromatic carbocycles. The summed E-state index contributed by atoms with van der Waals surface area (Å²) in [5.41, 5.74) is 4.21. The molecule has 0 saturated heterocycles. The summed E-state index contributed by atoms with van der Waals surface area (Å²) in [5.74, 6) is -2.41. The summed E-state index contributed by atoms with van der Waals surface area (Å²) in [7, 11) is 0. The van der Waals surface area contributed by atoms with Crippen molar-refractivity contribution in [1.29, 1.82) is 5.26 Å². The smallest absolute Gasteiger partial charge is 0.279 e. The SMILES string of the molecule is N#Cc1ccc([N+](=O)[O-])c(-c2cccc(F)c2F)c1N. The summed E-state index contributed by atoms with van der Waals surface area (Å²) in [6.07, 6.45) is 0. The van der Waals surface area contributed by atoms with Crippen molar-refractivity contribution < 1.29 is 13.7 Å². The Hall–Kier alpha value is -3.01. The summed E-state index contributed by atoms with van der Waals surface area (Å²) in [6.45, 7) is 0. The fraction of sp³-hybridized carbons (Fsp3) is 0. The first-order valence-electron chi connectivity index (χ1n) is 5.38. The Labute approximate surface area is 112 Å². The molecular formula is C13H7F2N3O2. The Morgan fingerprint density at radius 1 is 1.25 bits per heavy atom. The molecule has 2 aromatic rings. The number of anilines is 1. The van der Waals surface area contributed by atoms with E-state index >= 15 is 0 Å². The number of nitrogens with zero attached hydrogens (tertiary/aromatic N) is 2. The zero-order valence-corrected chi connectivity index (χ0v) is 9.93. The van der Waals surface area contributed by atoms with Gasteiger partial charge in [-0.1, -0.05) is 12.1 Å². The maximum Gasteiger partial charge on any atom is 0.279 e. The molecule has 0 heterocycles. The van der Waals surface area contributed by atoms with Crippen LogP contribution in [0.3, 0.4) is 0 Å². The Balaban J connectivity index is 2.88. The Bertz CT molecular complexity index is 754. The number of nitrogens with two attached hydrogens (primary N) is 1. The van der Waals surface area contributed by atoms with Crippen molar-refractivity contribution >= 4 is 11.4 Å². The molecule has 0 aliphatic rings. The zero-order valence-electron chi connectivity index (χ0n) is 9.93. The van der Waals surface area contributed by atoms with Gasteiger partial charge in [0.2, 0.25) is 0 Å². The van der Waals surface area contributed by atoms with Crippen molar-refractivity contribution in [2.24, 2.45) is 0 Å². The third-order valence-corrected chi connectivity index (χ3v) is 2.76. The second kappa shape index (κ2) is 4.93. The molecule has 0 bridgehead atoms. The van der Waals surface area contributed by atoms with Gasteiger partial charge in [-0.3, -0.25) is 10.1 Å². The predicted octanol–water partition coefficient (Wildman–Crippen LogP) is 2.99. The average Bonchev–Trinajstić information content (AvgIpc) is 2.42. The fourth-order valence-electron chi connectivity index (χ4n) is 1.84. The molecule has 0 aliphatic heterocycles. The predicted molar refractivity (Wildman–Crippen MR) is 67.6 cm³/mol. The number of nitro groups is 1. The Morgan fingerprint density at radius 3 is 2.55 bits per heavy atom. The molecular weight excluding hydrogens is 268 g/mol. The number of hydrogen-bond acceptors (Lipinski definition) is 4. The van der Waals surface area contributed by atoms with Gasteiger partial charge in [-0.05, 0) is 12.1 Å². The van der Waals surface area contributed by atoms with E-state index in [1.165, 1.54) is 6.07 Å². The highest BCUT2D eigenvalue weighted by Crippen LogP contribution is 2.38. The normalized spacial score (nSPS) is 10.1. The van der Waals surface area contributed by atoms with Crippen molar-refractivity contribution in [3.63, 3.8) is 0 Å². The Morgan fingerprint density at radius 2 is 1.95 bits per heavy atom. The van der Waals surface area contributed by atoms with Gasteiger partial charge >= 0.3 is 0 Å². The summed E-state index contributed by atoms with van der Waals surface area (Å²) in [5, 5.41) is 19.9. The number of hydrogen-bond donors (Lipinski definition) is 1. The van der Waals surface area contributed by atoms with E-state index in [1.807, 2.05) is 0 Å². The van der Waals surface area contributed by atoms with Crippen molar-refractivity contribution in [2.75, 3.05) is 5.73 Å². The van der Waals surface area contributed by atoms with E-state index in [-0.39, 0.29) is 22.4 Å². The minimum Gasteiger partial charge on any atom is -0.397 e. The van der Waals surface area contributed by atoms with Gasteiger partial charge in [0.05, 0.1) is 21.7 Å². The van der Waals surface area contributed by atoms with E-state index in [0.717, 1.165) is 24.3 Å². The van der Waals surface area contributed by atoms with E-state index in [0.29, 0.717) is 0 Å². The van der Waals surface area contributed by atoms with Gasteiger partial charge in [-0.2, -0.15) is 5.26 Å². The van der Waals surface area contributed by atoms with Crippen LogP contribution in [0.1, 0.15) is 5.56 Å². The molecule has 0 saturated carbocycles. The van der Waals surface area contributed by atoms with Crippen LogP contribution in [-0.2, 0) is 0 Å². The molecule has 0 aliphatic carbocycles. The molecule has 5 nitrogen and oxygen atoms in total. The van der Waals surface area contributed by atoms with E-state index in [9.17, 15) is 18.9 Å². The lowest BCUT2D eigenvalue weighted by Crippen LogP contribution is -2.02. The second-order valence-corrected chi connectivity index (χ2v) is 3.89. The van der Waals surface area contributed by atoms with Crippen molar-refractivity contribution in [3.05, 3.63) is 57.6 Å². The number of nitriles is 1. The lowest BCUT2D eigenvalue weighted by Gasteiger charge is -2.09. The van der Waals surface area contributed by atoms with Gasteiger partial charge < -0.3 is 5.73 Å². The minimum absolute atomic E-state index is 0.0470. The highest BCUT2D eigenvalue weighted by Gasteiger charge is 2.24. The standard InChI is InChI=1S/C13H7F2N3O2/c14-9-3-1-2-8(12(9)15)11-10(18(19)20)5-4-7(6-16)13(11)17/h1-5H,17H2. The highest BCUT2D eigenvalue weighted by atomic mass is 19.2. The summed E-state index contributed by atoms with van der Waals surface area (Å²) >= 11 is 0. The third-order valence-electron chi connectivity index (χ3n) is 2.76. The molecule has 0 spiro atoms. The van der Waals surface area contributed by atoms with Crippen LogP contribution in [0.15, 0.2) is 30.3 Å². The van der Waals surface area contributed by atoms with Crippen LogP contribution in [0, 0.1) is 33.1 Å². The van der Waals surface area contributed by atoms with Crippen molar-refractivity contribution in [1.82, 2.24) is 0 Å². The first-order chi connectivity index (χ1) is 9.47. The number of nitrogen functional groups attached to an aromatic ring is 1. The lowest BCUT2D eigenvalue weighted by molar-refractivity contribution is -0.384. The van der Waals surface area contributed by atoms with Crippen LogP contribution in [-0.4, -0.2) is 4.92 Å². The lowest BCUT2D eigenvalue weighted by atomic mass is 9.98. The molecule has 0 amide bonds. The van der Waals surface area contributed by atoms with E-state index in [1.54, 1.807) is 6.07 Å². The van der Waals surface area contributed by atoms with Gasteiger partial charge in [0.1, 0.15) is 6.07 Å². The number of halogens is 2. The first kappa shape index (κ1) is 13.4. The largest absolute Gasteiger partial charge is 0.397 e. The van der Waals surface area contributed by atoms with Crippen LogP contribution in [0.25, 0.3) is 11.1 Å².